The van der Waals surface area contributed by atoms with Gasteiger partial charge in [0.25, 0.3) is 0 Å². The molecular weight excluding hydrogens is 330 g/mol. The van der Waals surface area contributed by atoms with Crippen molar-refractivity contribution in [1.82, 2.24) is 19.8 Å². The van der Waals surface area contributed by atoms with Crippen molar-refractivity contribution in [2.24, 2.45) is 0 Å². The number of methoxy groups -OCH3 is 1. The highest BCUT2D eigenvalue weighted by atomic mass is 16.5. The maximum absolute atomic E-state index is 12.2. The summed E-state index contributed by atoms with van der Waals surface area (Å²) in [6, 6.07) is 11.5. The van der Waals surface area contributed by atoms with Gasteiger partial charge in [0.05, 0.1) is 7.11 Å². The van der Waals surface area contributed by atoms with E-state index < -0.39 is 0 Å². The summed E-state index contributed by atoms with van der Waals surface area (Å²) in [6.45, 7) is 2.18. The molecule has 3 aromatic rings. The molecule has 1 amide bonds. The summed E-state index contributed by atoms with van der Waals surface area (Å²) < 4.78 is 6.72. The smallest absolute Gasteiger partial charge is 0.231 e. The van der Waals surface area contributed by atoms with Crippen LogP contribution in [0.3, 0.4) is 0 Å². The monoisotopic (exact) mass is 353 g/mol. The largest absolute Gasteiger partial charge is 0.480 e. The third kappa shape index (κ3) is 4.36. The first-order valence-corrected chi connectivity index (χ1v) is 8.83. The minimum absolute atomic E-state index is 0.0639. The Bertz CT molecular complexity index is 873. The molecule has 26 heavy (non-hydrogen) atoms. The number of rotatable bonds is 8. The first-order chi connectivity index (χ1) is 12.7. The molecule has 0 aliphatic rings. The van der Waals surface area contributed by atoms with Gasteiger partial charge in [-0.3, -0.25) is 4.79 Å². The zero-order valence-electron chi connectivity index (χ0n) is 15.1. The van der Waals surface area contributed by atoms with E-state index >= 15 is 0 Å². The van der Waals surface area contributed by atoms with Gasteiger partial charge in [0.2, 0.25) is 11.8 Å². The zero-order valence-corrected chi connectivity index (χ0v) is 15.1. The number of hydrogen-bond donors (Lipinski definition) is 1. The molecular formula is C19H23N5O2. The Morgan fingerprint density at radius 3 is 2.65 bits per heavy atom. The number of nitrogens with one attached hydrogen (secondary N) is 1. The van der Waals surface area contributed by atoms with Crippen molar-refractivity contribution < 1.29 is 9.53 Å². The van der Waals surface area contributed by atoms with Gasteiger partial charge < -0.3 is 10.1 Å². The minimum atomic E-state index is -0.0639. The van der Waals surface area contributed by atoms with Crippen molar-refractivity contribution in [2.75, 3.05) is 12.4 Å². The van der Waals surface area contributed by atoms with Gasteiger partial charge in [-0.15, -0.1) is 15.3 Å². The number of nitrogens with zero attached hydrogens (tertiary/aromatic N) is 4. The van der Waals surface area contributed by atoms with Gasteiger partial charge in [-0.2, -0.15) is 4.52 Å². The molecule has 0 radical (unpaired) electrons. The second-order valence-electron chi connectivity index (χ2n) is 6.11. The lowest BCUT2D eigenvalue weighted by atomic mass is 10.1. The van der Waals surface area contributed by atoms with Crippen molar-refractivity contribution in [1.29, 1.82) is 0 Å². The van der Waals surface area contributed by atoms with Gasteiger partial charge in [-0.05, 0) is 36.6 Å². The number of carbonyl (C=O) groups is 1. The number of unbranched alkanes of at least 4 members (excludes halogenated alkanes) is 1. The Kier molecular flexibility index (Phi) is 5.78. The minimum Gasteiger partial charge on any atom is -0.480 e. The Hall–Kier alpha value is -2.96. The van der Waals surface area contributed by atoms with Crippen LogP contribution in [0.25, 0.3) is 5.65 Å². The number of benzene rings is 1. The molecule has 0 fully saturated rings. The number of aryl methyl sites for hydroxylation is 2. The molecule has 0 saturated carbocycles. The molecule has 0 saturated heterocycles. The van der Waals surface area contributed by atoms with E-state index in [9.17, 15) is 4.79 Å². The fourth-order valence-corrected chi connectivity index (χ4v) is 2.67. The van der Waals surface area contributed by atoms with Gasteiger partial charge in [0.15, 0.2) is 11.5 Å². The second-order valence-corrected chi connectivity index (χ2v) is 6.11. The van der Waals surface area contributed by atoms with E-state index in [1.54, 1.807) is 23.8 Å². The van der Waals surface area contributed by atoms with E-state index in [0.717, 1.165) is 12.1 Å². The van der Waals surface area contributed by atoms with Crippen LogP contribution in [0.1, 0.15) is 37.6 Å². The molecule has 7 heteroatoms. The predicted molar refractivity (Wildman–Crippen MR) is 99.3 cm³/mol. The number of fused-ring (bicyclic) bond motifs is 1. The van der Waals surface area contributed by atoms with Crippen LogP contribution in [-0.2, 0) is 17.6 Å². The summed E-state index contributed by atoms with van der Waals surface area (Å²) >= 11 is 0. The van der Waals surface area contributed by atoms with Gasteiger partial charge in [0, 0.05) is 24.6 Å². The summed E-state index contributed by atoms with van der Waals surface area (Å²) in [6.07, 6.45) is 4.17. The fraction of sp³-hybridized carbons (Fsp3) is 0.368. The summed E-state index contributed by atoms with van der Waals surface area (Å²) in [5.41, 5.74) is 2.73. The van der Waals surface area contributed by atoms with Crippen LogP contribution in [-0.4, -0.2) is 32.8 Å². The molecule has 0 bridgehead atoms. The number of amides is 1. The summed E-state index contributed by atoms with van der Waals surface area (Å²) in [4.78, 5) is 12.2. The van der Waals surface area contributed by atoms with Crippen LogP contribution in [0.15, 0.2) is 36.4 Å². The Morgan fingerprint density at radius 2 is 1.92 bits per heavy atom. The molecule has 2 heterocycles. The molecule has 0 spiro atoms. The third-order valence-corrected chi connectivity index (χ3v) is 4.14. The van der Waals surface area contributed by atoms with Gasteiger partial charge in [-0.25, -0.2) is 0 Å². The highest BCUT2D eigenvalue weighted by Gasteiger charge is 2.10. The number of carbonyl (C=O) groups excluding carboxylic acids is 1. The van der Waals surface area contributed by atoms with E-state index in [2.05, 4.69) is 39.7 Å². The summed E-state index contributed by atoms with van der Waals surface area (Å²) in [5, 5.41) is 15.4. The predicted octanol–water partition coefficient (Wildman–Crippen LogP) is 3.05. The fourth-order valence-electron chi connectivity index (χ4n) is 2.67. The van der Waals surface area contributed by atoms with Crippen molar-refractivity contribution in [3.63, 3.8) is 0 Å². The average Bonchev–Trinajstić information content (AvgIpc) is 3.08. The first kappa shape index (κ1) is 17.8. The van der Waals surface area contributed by atoms with E-state index in [0.29, 0.717) is 30.2 Å². The highest BCUT2D eigenvalue weighted by molar-refractivity contribution is 5.90. The van der Waals surface area contributed by atoms with Gasteiger partial charge in [-0.1, -0.05) is 25.5 Å². The molecule has 1 aromatic carbocycles. The summed E-state index contributed by atoms with van der Waals surface area (Å²) in [7, 11) is 1.55. The molecule has 3 rings (SSSR count). The normalized spacial score (nSPS) is 10.8. The number of hydrogen-bond acceptors (Lipinski definition) is 5. The standard InChI is InChI=1S/C19H23N5O2/c1-3-4-5-14-6-8-15(9-7-14)20-18(25)12-10-16-21-22-17-11-13-19(26-2)23-24(16)17/h6-9,11,13H,3-5,10,12H2,1-2H3,(H,20,25). The molecule has 7 nitrogen and oxygen atoms in total. The van der Waals surface area contributed by atoms with E-state index in [4.69, 9.17) is 4.74 Å². The quantitative estimate of drug-likeness (QED) is 0.673. The van der Waals surface area contributed by atoms with Crippen LogP contribution in [0.4, 0.5) is 5.69 Å². The Balaban J connectivity index is 1.57. The molecule has 0 unspecified atom stereocenters. The second kappa shape index (κ2) is 8.42. The van der Waals surface area contributed by atoms with Crippen molar-refractivity contribution in [2.45, 2.75) is 39.0 Å². The average molecular weight is 353 g/mol. The van der Waals surface area contributed by atoms with Crippen molar-refractivity contribution in [3.05, 3.63) is 47.8 Å². The molecule has 136 valence electrons. The van der Waals surface area contributed by atoms with Crippen LogP contribution >= 0.6 is 0 Å². The van der Waals surface area contributed by atoms with Crippen LogP contribution in [0.2, 0.25) is 0 Å². The van der Waals surface area contributed by atoms with Gasteiger partial charge >= 0.3 is 0 Å². The maximum Gasteiger partial charge on any atom is 0.231 e. The maximum atomic E-state index is 12.2. The molecule has 0 aliphatic heterocycles. The van der Waals surface area contributed by atoms with E-state index in [1.807, 2.05) is 12.1 Å². The van der Waals surface area contributed by atoms with Gasteiger partial charge in [0.1, 0.15) is 0 Å². The van der Waals surface area contributed by atoms with Crippen LogP contribution in [0.5, 0.6) is 5.88 Å². The van der Waals surface area contributed by atoms with Crippen LogP contribution < -0.4 is 10.1 Å². The lowest BCUT2D eigenvalue weighted by molar-refractivity contribution is -0.116. The number of ether oxygens (including phenoxy) is 1. The molecule has 0 aliphatic carbocycles. The Labute approximate surface area is 152 Å². The third-order valence-electron chi connectivity index (χ3n) is 4.14. The zero-order chi connectivity index (χ0) is 18.4. The lowest BCUT2D eigenvalue weighted by Crippen LogP contribution is -2.13. The number of aromatic nitrogens is 4. The molecule has 0 atom stereocenters. The van der Waals surface area contributed by atoms with E-state index in [-0.39, 0.29) is 5.91 Å². The number of anilines is 1. The lowest BCUT2D eigenvalue weighted by Gasteiger charge is -2.06. The Morgan fingerprint density at radius 1 is 1.12 bits per heavy atom. The SMILES string of the molecule is CCCCc1ccc(NC(=O)CCc2nnc3ccc(OC)nn23)cc1. The van der Waals surface area contributed by atoms with Crippen molar-refractivity contribution >= 4 is 17.2 Å². The first-order valence-electron chi connectivity index (χ1n) is 8.83. The van der Waals surface area contributed by atoms with Crippen LogP contribution in [0, 0.1) is 0 Å². The molecule has 2 aromatic heterocycles. The van der Waals surface area contributed by atoms with Crippen molar-refractivity contribution in [3.8, 4) is 5.88 Å². The van der Waals surface area contributed by atoms with E-state index in [1.165, 1.54) is 18.4 Å². The summed E-state index contributed by atoms with van der Waals surface area (Å²) in [5.74, 6) is 1.04. The highest BCUT2D eigenvalue weighted by Crippen LogP contribution is 2.13. The topological polar surface area (TPSA) is 81.4 Å². The molecule has 1 N–H and O–H groups in total.